The molecule has 0 saturated heterocycles. The number of carbonyl (C=O) groups is 2. The number of rotatable bonds is 11. The van der Waals surface area contributed by atoms with Crippen LogP contribution in [-0.2, 0) is 16.0 Å². The molecule has 0 bridgehead atoms. The molecule has 0 spiro atoms. The number of benzene rings is 2. The van der Waals surface area contributed by atoms with Crippen molar-refractivity contribution < 1.29 is 19.2 Å². The first-order valence-electron chi connectivity index (χ1n) is 9.47. The number of esters is 1. The van der Waals surface area contributed by atoms with Gasteiger partial charge in [-0.2, -0.15) is 0 Å². The number of nitrogens with zero attached hydrogens (tertiary/aromatic N) is 1. The fourth-order valence-electron chi connectivity index (χ4n) is 2.77. The van der Waals surface area contributed by atoms with Crippen molar-refractivity contribution >= 4 is 17.4 Å². The molecule has 2 rings (SSSR count). The second-order valence-corrected chi connectivity index (χ2v) is 6.28. The van der Waals surface area contributed by atoms with Gasteiger partial charge in [0, 0.05) is 18.8 Å². The molecule has 152 valence electrons. The lowest BCUT2D eigenvalue weighted by Gasteiger charge is -2.08. The molecule has 1 N–H and O–H groups in total. The van der Waals surface area contributed by atoms with E-state index in [9.17, 15) is 19.7 Å². The maximum atomic E-state index is 12.8. The van der Waals surface area contributed by atoms with Crippen molar-refractivity contribution in [2.75, 3.05) is 13.2 Å². The fraction of sp³-hybridized carbons (Fsp3) is 0.273. The number of para-hydroxylation sites is 1. The molecular weight excluding hydrogens is 372 g/mol. The molecule has 0 fully saturated rings. The van der Waals surface area contributed by atoms with Gasteiger partial charge in [-0.1, -0.05) is 42.5 Å². The lowest BCUT2D eigenvalue weighted by molar-refractivity contribution is -0.385. The van der Waals surface area contributed by atoms with Crippen LogP contribution in [0.5, 0.6) is 0 Å². The van der Waals surface area contributed by atoms with Crippen LogP contribution in [0.25, 0.3) is 0 Å². The Balaban J connectivity index is 2.03. The van der Waals surface area contributed by atoms with Gasteiger partial charge in [-0.05, 0) is 37.8 Å². The van der Waals surface area contributed by atoms with Crippen LogP contribution in [-0.4, -0.2) is 29.8 Å². The summed E-state index contributed by atoms with van der Waals surface area (Å²) in [5, 5.41) is 14.2. The van der Waals surface area contributed by atoms with Crippen molar-refractivity contribution in [3.05, 3.63) is 87.6 Å². The number of ether oxygens (including phenoxy) is 1. The topological polar surface area (TPSA) is 98.5 Å². The number of carbonyl (C=O) groups excluding carboxylic acids is 2. The summed E-state index contributed by atoms with van der Waals surface area (Å²) in [5.41, 5.74) is 0.490. The maximum absolute atomic E-state index is 12.8. The van der Waals surface area contributed by atoms with E-state index >= 15 is 0 Å². The summed E-state index contributed by atoms with van der Waals surface area (Å²) in [5.74, 6) is -1.56. The van der Waals surface area contributed by atoms with E-state index in [4.69, 9.17) is 4.74 Å². The van der Waals surface area contributed by atoms with Gasteiger partial charge in [-0.3, -0.25) is 14.9 Å². The van der Waals surface area contributed by atoms with Crippen LogP contribution >= 0.6 is 0 Å². The lowest BCUT2D eigenvalue weighted by atomic mass is 10.0. The Morgan fingerprint density at radius 2 is 1.76 bits per heavy atom. The van der Waals surface area contributed by atoms with Crippen LogP contribution in [0.3, 0.4) is 0 Å². The van der Waals surface area contributed by atoms with Crippen LogP contribution in [0.15, 0.2) is 66.4 Å². The monoisotopic (exact) mass is 396 g/mol. The van der Waals surface area contributed by atoms with E-state index in [0.29, 0.717) is 6.54 Å². The molecular formula is C22H24N2O5. The van der Waals surface area contributed by atoms with Crippen LogP contribution < -0.4 is 5.32 Å². The normalized spacial score (nSPS) is 11.0. The fourth-order valence-corrected chi connectivity index (χ4v) is 2.77. The lowest BCUT2D eigenvalue weighted by Crippen LogP contribution is -2.21. The van der Waals surface area contributed by atoms with E-state index in [1.807, 2.05) is 18.2 Å². The Labute approximate surface area is 169 Å². The van der Waals surface area contributed by atoms with Crippen molar-refractivity contribution in [1.82, 2.24) is 5.32 Å². The predicted molar refractivity (Wildman–Crippen MR) is 110 cm³/mol. The molecule has 0 aliphatic heterocycles. The molecule has 0 aromatic heterocycles. The molecule has 2 aromatic rings. The third kappa shape index (κ3) is 6.57. The minimum absolute atomic E-state index is 0.0947. The smallest absolute Gasteiger partial charge is 0.343 e. The summed E-state index contributed by atoms with van der Waals surface area (Å²) < 4.78 is 4.95. The van der Waals surface area contributed by atoms with Crippen LogP contribution in [0.1, 0.15) is 35.7 Å². The summed E-state index contributed by atoms with van der Waals surface area (Å²) in [4.78, 5) is 35.6. The van der Waals surface area contributed by atoms with Gasteiger partial charge in [0.1, 0.15) is 11.1 Å². The molecule has 0 atom stereocenters. The van der Waals surface area contributed by atoms with E-state index in [1.54, 1.807) is 6.92 Å². The number of hydrogen-bond acceptors (Lipinski definition) is 6. The van der Waals surface area contributed by atoms with Gasteiger partial charge in [0.15, 0.2) is 0 Å². The molecule has 0 aliphatic rings. The Morgan fingerprint density at radius 3 is 2.45 bits per heavy atom. The molecule has 0 heterocycles. The van der Waals surface area contributed by atoms with Crippen molar-refractivity contribution in [2.45, 2.75) is 26.2 Å². The minimum Gasteiger partial charge on any atom is -0.462 e. The van der Waals surface area contributed by atoms with E-state index in [-0.39, 0.29) is 23.4 Å². The SMILES string of the molecule is CCOC(=O)C(=CNCCCCc1ccccc1)C(=O)c1ccccc1[N+](=O)[O-]. The molecule has 0 unspecified atom stereocenters. The average molecular weight is 396 g/mol. The zero-order valence-electron chi connectivity index (χ0n) is 16.3. The average Bonchev–Trinajstić information content (AvgIpc) is 2.73. The highest BCUT2D eigenvalue weighted by Gasteiger charge is 2.27. The largest absolute Gasteiger partial charge is 0.462 e. The molecule has 0 saturated carbocycles. The summed E-state index contributed by atoms with van der Waals surface area (Å²) in [7, 11) is 0. The number of ketones is 1. The Hall–Kier alpha value is -3.48. The van der Waals surface area contributed by atoms with Gasteiger partial charge < -0.3 is 10.1 Å². The molecule has 0 amide bonds. The van der Waals surface area contributed by atoms with Crippen molar-refractivity contribution in [1.29, 1.82) is 0 Å². The second-order valence-electron chi connectivity index (χ2n) is 6.28. The highest BCUT2D eigenvalue weighted by Crippen LogP contribution is 2.21. The van der Waals surface area contributed by atoms with Crippen LogP contribution in [0.4, 0.5) is 5.69 Å². The third-order valence-corrected chi connectivity index (χ3v) is 4.21. The zero-order valence-corrected chi connectivity index (χ0v) is 16.3. The standard InChI is InChI=1S/C22H24N2O5/c1-2-29-22(26)19(21(25)18-13-6-7-14-20(18)24(27)28)16-23-15-9-8-12-17-10-4-3-5-11-17/h3-7,10-11,13-14,16,23H,2,8-9,12,15H2,1H3. The highest BCUT2D eigenvalue weighted by molar-refractivity contribution is 6.25. The van der Waals surface area contributed by atoms with Gasteiger partial charge in [-0.15, -0.1) is 0 Å². The summed E-state index contributed by atoms with van der Waals surface area (Å²) in [6.45, 7) is 2.28. The molecule has 2 aromatic carbocycles. The van der Waals surface area contributed by atoms with Gasteiger partial charge in [0.05, 0.1) is 11.5 Å². The maximum Gasteiger partial charge on any atom is 0.343 e. The first-order chi connectivity index (χ1) is 14.0. The van der Waals surface area contributed by atoms with Gasteiger partial charge in [0.25, 0.3) is 5.69 Å². The summed E-state index contributed by atoms with van der Waals surface area (Å²) >= 11 is 0. The number of Topliss-reactive ketones (excluding diaryl/α,β-unsaturated/α-hetero) is 1. The van der Waals surface area contributed by atoms with Crippen molar-refractivity contribution in [3.63, 3.8) is 0 Å². The molecule has 7 nitrogen and oxygen atoms in total. The van der Waals surface area contributed by atoms with E-state index < -0.39 is 16.7 Å². The summed E-state index contributed by atoms with van der Waals surface area (Å²) in [6.07, 6.45) is 4.00. The first-order valence-corrected chi connectivity index (χ1v) is 9.47. The van der Waals surface area contributed by atoms with E-state index in [0.717, 1.165) is 19.3 Å². The molecule has 0 radical (unpaired) electrons. The van der Waals surface area contributed by atoms with Crippen LogP contribution in [0, 0.1) is 10.1 Å². The Bertz CT molecular complexity index is 878. The molecule has 0 aliphatic carbocycles. The van der Waals surface area contributed by atoms with Crippen molar-refractivity contribution in [3.8, 4) is 0 Å². The predicted octanol–water partition coefficient (Wildman–Crippen LogP) is 3.84. The molecule has 29 heavy (non-hydrogen) atoms. The van der Waals surface area contributed by atoms with E-state index in [2.05, 4.69) is 17.4 Å². The number of hydrogen-bond donors (Lipinski definition) is 1. The number of unbranched alkanes of at least 4 members (excludes halogenated alkanes) is 1. The van der Waals surface area contributed by atoms with Crippen molar-refractivity contribution in [2.24, 2.45) is 0 Å². The zero-order chi connectivity index (χ0) is 21.1. The number of nitro groups is 1. The number of nitro benzene ring substituents is 1. The quantitative estimate of drug-likeness (QED) is 0.0906. The number of nitrogens with one attached hydrogen (secondary N) is 1. The first kappa shape index (κ1) is 21.8. The summed E-state index contributed by atoms with van der Waals surface area (Å²) in [6, 6.07) is 15.6. The minimum atomic E-state index is -0.813. The van der Waals surface area contributed by atoms with Crippen LogP contribution in [0.2, 0.25) is 0 Å². The highest BCUT2D eigenvalue weighted by atomic mass is 16.6. The second kappa shape index (κ2) is 11.4. The van der Waals surface area contributed by atoms with Gasteiger partial charge in [0.2, 0.25) is 5.78 Å². The number of aryl methyl sites for hydroxylation is 1. The van der Waals surface area contributed by atoms with Gasteiger partial charge >= 0.3 is 5.97 Å². The Morgan fingerprint density at radius 1 is 1.07 bits per heavy atom. The third-order valence-electron chi connectivity index (χ3n) is 4.21. The molecule has 7 heteroatoms. The van der Waals surface area contributed by atoms with Gasteiger partial charge in [-0.25, -0.2) is 4.79 Å². The Kier molecular flexibility index (Phi) is 8.56. The van der Waals surface area contributed by atoms with E-state index in [1.165, 1.54) is 36.0 Å².